The second-order valence-electron chi connectivity index (χ2n) is 7.97. The van der Waals surface area contributed by atoms with Gasteiger partial charge >= 0.3 is 0 Å². The van der Waals surface area contributed by atoms with Crippen LogP contribution in [0.2, 0.25) is 0 Å². The fourth-order valence-corrected chi connectivity index (χ4v) is 4.04. The predicted molar refractivity (Wildman–Crippen MR) is 115 cm³/mol. The quantitative estimate of drug-likeness (QED) is 0.537. The Balaban J connectivity index is 1.61. The maximum absolute atomic E-state index is 14.4. The number of rotatable bonds is 6. The van der Waals surface area contributed by atoms with E-state index in [1.807, 2.05) is 6.07 Å². The van der Waals surface area contributed by atoms with Crippen molar-refractivity contribution in [3.63, 3.8) is 0 Å². The lowest BCUT2D eigenvalue weighted by molar-refractivity contribution is -0.116. The average Bonchev–Trinajstić information content (AvgIpc) is 2.82. The first kappa shape index (κ1) is 23.5. The summed E-state index contributed by atoms with van der Waals surface area (Å²) in [6.07, 6.45) is 2.01. The molecule has 0 amide bonds. The molecule has 3 atom stereocenters. The van der Waals surface area contributed by atoms with Crippen molar-refractivity contribution in [3.8, 4) is 17.3 Å². The minimum absolute atomic E-state index is 0.0336. The van der Waals surface area contributed by atoms with E-state index in [0.717, 1.165) is 30.3 Å². The average molecular weight is 467 g/mol. The lowest BCUT2D eigenvalue weighted by atomic mass is 9.92. The highest BCUT2D eigenvalue weighted by molar-refractivity contribution is 5.96. The zero-order valence-electron chi connectivity index (χ0n) is 17.9. The van der Waals surface area contributed by atoms with Crippen LogP contribution in [0.5, 0.6) is 0 Å². The summed E-state index contributed by atoms with van der Waals surface area (Å²) in [6, 6.07) is 8.92. The molecule has 34 heavy (non-hydrogen) atoms. The number of carbonyl (C=O) groups excluding carboxylic acids is 1. The molecular weight excluding hydrogens is 447 g/mol. The summed E-state index contributed by atoms with van der Waals surface area (Å²) in [5.74, 6) is -3.44. The van der Waals surface area contributed by atoms with E-state index in [9.17, 15) is 23.1 Å². The first-order valence-corrected chi connectivity index (χ1v) is 10.7. The van der Waals surface area contributed by atoms with Crippen molar-refractivity contribution in [2.45, 2.75) is 44.0 Å². The lowest BCUT2D eigenvalue weighted by Crippen LogP contribution is -2.35. The van der Waals surface area contributed by atoms with E-state index < -0.39 is 52.8 Å². The van der Waals surface area contributed by atoms with Gasteiger partial charge in [0.05, 0.1) is 36.4 Å². The molecule has 174 valence electrons. The van der Waals surface area contributed by atoms with Crippen molar-refractivity contribution in [1.29, 1.82) is 5.26 Å². The molecule has 2 aromatic heterocycles. The Kier molecular flexibility index (Phi) is 7.01. The first-order chi connectivity index (χ1) is 16.4. The van der Waals surface area contributed by atoms with E-state index in [0.29, 0.717) is 24.0 Å². The van der Waals surface area contributed by atoms with Crippen LogP contribution in [0.1, 0.15) is 47.0 Å². The Morgan fingerprint density at radius 3 is 2.62 bits per heavy atom. The highest BCUT2D eigenvalue weighted by Crippen LogP contribution is 2.34. The van der Waals surface area contributed by atoms with Crippen molar-refractivity contribution in [1.82, 2.24) is 9.97 Å². The number of aliphatic hydroxyl groups is 1. The highest BCUT2D eigenvalue weighted by Gasteiger charge is 2.32. The lowest BCUT2D eigenvalue weighted by Gasteiger charge is -2.33. The molecule has 3 heterocycles. The number of pyridine rings is 2. The second kappa shape index (κ2) is 10.1. The fourth-order valence-electron chi connectivity index (χ4n) is 4.04. The molecule has 0 unspecified atom stereocenters. The van der Waals surface area contributed by atoms with E-state index in [1.54, 1.807) is 12.3 Å². The van der Waals surface area contributed by atoms with E-state index in [4.69, 9.17) is 10.00 Å². The minimum atomic E-state index is -0.992. The van der Waals surface area contributed by atoms with Gasteiger partial charge in [0.15, 0.2) is 5.78 Å². The third-order valence-corrected chi connectivity index (χ3v) is 5.76. The number of halogens is 3. The molecule has 1 aliphatic heterocycles. The van der Waals surface area contributed by atoms with Crippen molar-refractivity contribution in [3.05, 3.63) is 83.1 Å². The van der Waals surface area contributed by atoms with E-state index >= 15 is 0 Å². The molecule has 6 nitrogen and oxygen atoms in total. The Morgan fingerprint density at radius 1 is 1.12 bits per heavy atom. The van der Waals surface area contributed by atoms with Gasteiger partial charge in [-0.3, -0.25) is 9.78 Å². The van der Waals surface area contributed by atoms with Gasteiger partial charge in [-0.05, 0) is 54.3 Å². The molecule has 0 spiro atoms. The molecule has 1 aromatic carbocycles. The number of ether oxygens (including phenoxy) is 1. The molecule has 1 saturated heterocycles. The van der Waals surface area contributed by atoms with Crippen molar-refractivity contribution >= 4 is 5.78 Å². The fraction of sp³-hybridized carbons (Fsp3) is 0.280. The Bertz CT molecular complexity index is 1240. The monoisotopic (exact) mass is 467 g/mol. The highest BCUT2D eigenvalue weighted by atomic mass is 19.1. The molecule has 1 aliphatic rings. The zero-order valence-corrected chi connectivity index (χ0v) is 17.9. The van der Waals surface area contributed by atoms with Gasteiger partial charge in [0.2, 0.25) is 0 Å². The van der Waals surface area contributed by atoms with Crippen molar-refractivity contribution in [2.24, 2.45) is 0 Å². The smallest absolute Gasteiger partial charge is 0.185 e. The van der Waals surface area contributed by atoms with Crippen LogP contribution in [-0.4, -0.2) is 33.1 Å². The summed E-state index contributed by atoms with van der Waals surface area (Å²) in [5.41, 5.74) is -0.169. The van der Waals surface area contributed by atoms with E-state index in [-0.39, 0.29) is 18.5 Å². The summed E-state index contributed by atoms with van der Waals surface area (Å²) < 4.78 is 48.6. The standard InChI is InChI=1S/C25H20F3N3O3/c26-16-2-1-3-17(27)24(16)25-18(28)4-5-19(31-25)21(33)12-14-13-30-11-9-15(14)22-7-6-20(32)23(34-22)8-10-29/h1-5,9,11,13,20,22-23,32H,6-8,12H2/t20-,22+,23+/m0/s1. The minimum Gasteiger partial charge on any atom is -0.390 e. The summed E-state index contributed by atoms with van der Waals surface area (Å²) in [5, 5.41) is 19.0. The predicted octanol–water partition coefficient (Wildman–Crippen LogP) is 4.48. The normalized spacial score (nSPS) is 20.0. The summed E-state index contributed by atoms with van der Waals surface area (Å²) in [7, 11) is 0. The molecule has 9 heteroatoms. The van der Waals surface area contributed by atoms with Gasteiger partial charge in [-0.2, -0.15) is 5.26 Å². The van der Waals surface area contributed by atoms with Crippen molar-refractivity contribution in [2.75, 3.05) is 0 Å². The van der Waals surface area contributed by atoms with Gasteiger partial charge in [-0.15, -0.1) is 0 Å². The van der Waals surface area contributed by atoms with Crippen LogP contribution in [-0.2, 0) is 11.2 Å². The third-order valence-electron chi connectivity index (χ3n) is 5.76. The number of carbonyl (C=O) groups is 1. The van der Waals surface area contributed by atoms with Gasteiger partial charge in [-0.1, -0.05) is 6.07 Å². The Hall–Kier alpha value is -3.61. The number of nitriles is 1. The number of nitrogens with zero attached hydrogens (tertiary/aromatic N) is 3. The van der Waals surface area contributed by atoms with Crippen LogP contribution >= 0.6 is 0 Å². The van der Waals surface area contributed by atoms with Crippen molar-refractivity contribution < 1.29 is 27.8 Å². The van der Waals surface area contributed by atoms with Crippen LogP contribution in [0.3, 0.4) is 0 Å². The zero-order chi connectivity index (χ0) is 24.2. The molecule has 1 fully saturated rings. The Morgan fingerprint density at radius 2 is 1.88 bits per heavy atom. The molecular formula is C25H20F3N3O3. The number of benzene rings is 1. The van der Waals surface area contributed by atoms with Crippen LogP contribution in [0, 0.1) is 28.8 Å². The SMILES string of the molecule is N#CC[C@H]1O[C@@H](c2ccncc2CC(=O)c2ccc(F)c(-c3c(F)cccc3F)n2)CC[C@@H]1O. The number of aliphatic hydroxyl groups excluding tert-OH is 1. The molecule has 0 bridgehead atoms. The van der Waals surface area contributed by atoms with Gasteiger partial charge in [0, 0.05) is 18.8 Å². The molecule has 4 rings (SSSR count). The van der Waals surface area contributed by atoms with Gasteiger partial charge in [0.1, 0.15) is 28.8 Å². The van der Waals surface area contributed by atoms with Gasteiger partial charge in [0.25, 0.3) is 0 Å². The molecule has 0 saturated carbocycles. The topological polar surface area (TPSA) is 96.1 Å². The summed E-state index contributed by atoms with van der Waals surface area (Å²) >= 11 is 0. The van der Waals surface area contributed by atoms with Crippen LogP contribution in [0.25, 0.3) is 11.3 Å². The van der Waals surface area contributed by atoms with E-state index in [2.05, 4.69) is 9.97 Å². The Labute approximate surface area is 193 Å². The van der Waals surface area contributed by atoms with Crippen LogP contribution < -0.4 is 0 Å². The van der Waals surface area contributed by atoms with Gasteiger partial charge < -0.3 is 9.84 Å². The molecule has 0 aliphatic carbocycles. The van der Waals surface area contributed by atoms with Crippen LogP contribution in [0.15, 0.2) is 48.8 Å². The number of Topliss-reactive ketones (excluding diaryl/α,β-unsaturated/α-hetero) is 1. The summed E-state index contributed by atoms with van der Waals surface area (Å²) in [6.45, 7) is 0. The summed E-state index contributed by atoms with van der Waals surface area (Å²) in [4.78, 5) is 21.0. The maximum Gasteiger partial charge on any atom is 0.185 e. The first-order valence-electron chi connectivity index (χ1n) is 10.7. The van der Waals surface area contributed by atoms with Gasteiger partial charge in [-0.25, -0.2) is 18.2 Å². The largest absolute Gasteiger partial charge is 0.390 e. The van der Waals surface area contributed by atoms with Crippen LogP contribution in [0.4, 0.5) is 13.2 Å². The third kappa shape index (κ3) is 4.83. The second-order valence-corrected chi connectivity index (χ2v) is 7.97. The molecule has 0 radical (unpaired) electrons. The number of aromatic nitrogens is 2. The number of hydrogen-bond donors (Lipinski definition) is 1. The number of hydrogen-bond acceptors (Lipinski definition) is 6. The maximum atomic E-state index is 14.4. The van der Waals surface area contributed by atoms with E-state index in [1.165, 1.54) is 6.20 Å². The molecule has 1 N–H and O–H groups in total. The molecule has 3 aromatic rings. The number of ketones is 1.